The number of halogens is 1. The summed E-state index contributed by atoms with van der Waals surface area (Å²) in [5.74, 6) is 0.634. The van der Waals surface area contributed by atoms with Crippen LogP contribution >= 0.6 is 11.6 Å². The molecule has 0 radical (unpaired) electrons. The smallest absolute Gasteiger partial charge is 0.248 e. The Kier molecular flexibility index (Phi) is 4.52. The van der Waals surface area contributed by atoms with Gasteiger partial charge in [-0.1, -0.05) is 23.7 Å². The highest BCUT2D eigenvalue weighted by Crippen LogP contribution is 2.51. The van der Waals surface area contributed by atoms with Gasteiger partial charge in [-0.05, 0) is 37.3 Å². The summed E-state index contributed by atoms with van der Waals surface area (Å²) in [5, 5.41) is 12.9. The van der Waals surface area contributed by atoms with Gasteiger partial charge in [0, 0.05) is 30.1 Å². The van der Waals surface area contributed by atoms with Gasteiger partial charge in [-0.15, -0.1) is 0 Å². The summed E-state index contributed by atoms with van der Waals surface area (Å²) in [4.78, 5) is 35.1. The van der Waals surface area contributed by atoms with Gasteiger partial charge in [0.2, 0.25) is 11.8 Å². The molecule has 1 saturated carbocycles. The van der Waals surface area contributed by atoms with Crippen molar-refractivity contribution in [2.75, 3.05) is 16.8 Å². The van der Waals surface area contributed by atoms with Crippen molar-refractivity contribution in [2.24, 2.45) is 11.3 Å². The number of anilines is 2. The molecule has 0 spiro atoms. The number of nitrogens with one attached hydrogen (secondary N) is 1. The Hall–Kier alpha value is -2.98. The quantitative estimate of drug-likeness (QED) is 0.855. The highest BCUT2D eigenvalue weighted by Gasteiger charge is 2.57. The number of carbonyl (C=O) groups excluding carboxylic acids is 2. The lowest BCUT2D eigenvalue weighted by atomic mass is 9.83. The van der Waals surface area contributed by atoms with Crippen LogP contribution in [0.2, 0.25) is 5.02 Å². The summed E-state index contributed by atoms with van der Waals surface area (Å²) < 4.78 is 0. The molecule has 1 saturated heterocycles. The van der Waals surface area contributed by atoms with Crippen LogP contribution in [0.15, 0.2) is 30.3 Å². The Balaban J connectivity index is 1.76. The van der Waals surface area contributed by atoms with Crippen molar-refractivity contribution in [3.8, 4) is 17.5 Å². The first-order chi connectivity index (χ1) is 13.4. The topological polar surface area (TPSA) is 99.0 Å². The summed E-state index contributed by atoms with van der Waals surface area (Å²) in [6.45, 7) is 1.80. The third kappa shape index (κ3) is 3.20. The average Bonchev–Trinajstić information content (AvgIpc) is 3.45. The second-order valence-electron chi connectivity index (χ2n) is 7.19. The fourth-order valence-corrected chi connectivity index (χ4v) is 3.87. The molecule has 1 aliphatic heterocycles. The number of hydrogen-bond donors (Lipinski definition) is 1. The Morgan fingerprint density at radius 2 is 2.14 bits per heavy atom. The Morgan fingerprint density at radius 1 is 1.36 bits per heavy atom. The SMILES string of the molecule is CC(=O)Nc1cc(N2CC[C@@](C#N)(C3CC3)C2=O)nc(-c2cccc(Cl)c2)n1. The van der Waals surface area contributed by atoms with Crippen molar-refractivity contribution in [3.63, 3.8) is 0 Å². The van der Waals surface area contributed by atoms with Crippen LogP contribution in [-0.2, 0) is 9.59 Å². The number of amides is 2. The molecule has 2 fully saturated rings. The van der Waals surface area contributed by atoms with Gasteiger partial charge in [0.05, 0.1) is 6.07 Å². The summed E-state index contributed by atoms with van der Waals surface area (Å²) >= 11 is 6.08. The molecule has 1 aromatic carbocycles. The molecule has 8 heteroatoms. The zero-order chi connectivity index (χ0) is 19.9. The number of rotatable bonds is 4. The minimum absolute atomic E-state index is 0.124. The van der Waals surface area contributed by atoms with E-state index < -0.39 is 5.41 Å². The lowest BCUT2D eigenvalue weighted by molar-refractivity contribution is -0.123. The van der Waals surface area contributed by atoms with E-state index in [9.17, 15) is 14.9 Å². The number of aromatic nitrogens is 2. The van der Waals surface area contributed by atoms with Crippen molar-refractivity contribution in [3.05, 3.63) is 35.4 Å². The first-order valence-corrected chi connectivity index (χ1v) is 9.46. The van der Waals surface area contributed by atoms with E-state index in [2.05, 4.69) is 21.4 Å². The number of nitriles is 1. The maximum atomic E-state index is 13.1. The number of nitrogens with zero attached hydrogens (tertiary/aromatic N) is 4. The van der Waals surface area contributed by atoms with Crippen LogP contribution in [0.4, 0.5) is 11.6 Å². The van der Waals surface area contributed by atoms with E-state index in [1.165, 1.54) is 11.8 Å². The molecule has 0 bridgehead atoms. The molecule has 1 aromatic heterocycles. The predicted octanol–water partition coefficient (Wildman–Crippen LogP) is 3.41. The zero-order valence-electron chi connectivity index (χ0n) is 15.3. The highest BCUT2D eigenvalue weighted by atomic mass is 35.5. The van der Waals surface area contributed by atoms with E-state index in [-0.39, 0.29) is 17.7 Å². The molecule has 142 valence electrons. The van der Waals surface area contributed by atoms with Gasteiger partial charge in [-0.3, -0.25) is 14.5 Å². The molecule has 0 unspecified atom stereocenters. The molecule has 2 aliphatic rings. The third-order valence-corrected chi connectivity index (χ3v) is 5.44. The maximum Gasteiger partial charge on any atom is 0.248 e. The second-order valence-corrected chi connectivity index (χ2v) is 7.63. The summed E-state index contributed by atoms with van der Waals surface area (Å²) in [5.41, 5.74) is -0.295. The fraction of sp³-hybridized carbons (Fsp3) is 0.350. The monoisotopic (exact) mass is 395 g/mol. The molecule has 1 aliphatic carbocycles. The van der Waals surface area contributed by atoms with Crippen LogP contribution in [0.25, 0.3) is 11.4 Å². The number of carbonyl (C=O) groups is 2. The maximum absolute atomic E-state index is 13.1. The minimum atomic E-state index is -0.963. The second kappa shape index (κ2) is 6.88. The van der Waals surface area contributed by atoms with Crippen LogP contribution in [0.5, 0.6) is 0 Å². The van der Waals surface area contributed by atoms with Crippen molar-refractivity contribution < 1.29 is 9.59 Å². The van der Waals surface area contributed by atoms with E-state index in [0.29, 0.717) is 41.0 Å². The van der Waals surface area contributed by atoms with E-state index in [1.54, 1.807) is 30.3 Å². The van der Waals surface area contributed by atoms with Crippen LogP contribution in [-0.4, -0.2) is 28.3 Å². The van der Waals surface area contributed by atoms with E-state index in [1.807, 2.05) is 0 Å². The molecule has 1 atom stereocenters. The number of benzene rings is 1. The van der Waals surface area contributed by atoms with Crippen molar-refractivity contribution in [1.29, 1.82) is 5.26 Å². The van der Waals surface area contributed by atoms with Gasteiger partial charge in [-0.25, -0.2) is 9.97 Å². The van der Waals surface area contributed by atoms with Crippen molar-refractivity contribution in [2.45, 2.75) is 26.2 Å². The van der Waals surface area contributed by atoms with Gasteiger partial charge in [0.1, 0.15) is 17.1 Å². The normalized spacial score (nSPS) is 21.5. The largest absolute Gasteiger partial charge is 0.311 e. The molecular formula is C20H18ClN5O2. The van der Waals surface area contributed by atoms with Gasteiger partial charge in [0.15, 0.2) is 5.82 Å². The van der Waals surface area contributed by atoms with E-state index >= 15 is 0 Å². The van der Waals surface area contributed by atoms with Crippen LogP contribution in [0.1, 0.15) is 26.2 Å². The number of hydrogen-bond acceptors (Lipinski definition) is 5. The standard InChI is InChI=1S/C20H18ClN5O2/c1-12(27)23-16-10-17(25-18(24-16)13-3-2-4-15(21)9-13)26-8-7-20(11-22,19(26)28)14-5-6-14/h2-4,9-10,14H,5-8H2,1H3,(H,23,24,25,27)/t20-/m1/s1. The minimum Gasteiger partial charge on any atom is -0.311 e. The van der Waals surface area contributed by atoms with Gasteiger partial charge < -0.3 is 5.32 Å². The predicted molar refractivity (Wildman–Crippen MR) is 105 cm³/mol. The summed E-state index contributed by atoms with van der Waals surface area (Å²) in [6.07, 6.45) is 2.29. The molecule has 2 amide bonds. The zero-order valence-corrected chi connectivity index (χ0v) is 16.0. The molecule has 2 heterocycles. The van der Waals surface area contributed by atoms with Crippen molar-refractivity contribution >= 4 is 35.1 Å². The van der Waals surface area contributed by atoms with Gasteiger partial charge in [0.25, 0.3) is 0 Å². The van der Waals surface area contributed by atoms with E-state index in [4.69, 9.17) is 11.6 Å². The van der Waals surface area contributed by atoms with Gasteiger partial charge >= 0.3 is 0 Å². The molecule has 4 rings (SSSR count). The third-order valence-electron chi connectivity index (χ3n) is 5.21. The van der Waals surface area contributed by atoms with E-state index in [0.717, 1.165) is 12.8 Å². The molecule has 1 N–H and O–H groups in total. The van der Waals surface area contributed by atoms with Crippen LogP contribution in [0, 0.1) is 22.7 Å². The Morgan fingerprint density at radius 3 is 2.79 bits per heavy atom. The van der Waals surface area contributed by atoms with Crippen molar-refractivity contribution in [1.82, 2.24) is 9.97 Å². The molecule has 28 heavy (non-hydrogen) atoms. The Labute approximate surface area is 167 Å². The van der Waals surface area contributed by atoms with Gasteiger partial charge in [-0.2, -0.15) is 5.26 Å². The lowest BCUT2D eigenvalue weighted by Gasteiger charge is -2.21. The first kappa shape index (κ1) is 18.4. The lowest BCUT2D eigenvalue weighted by Crippen LogP contribution is -2.35. The highest BCUT2D eigenvalue weighted by molar-refractivity contribution is 6.30. The van der Waals surface area contributed by atoms with Crippen LogP contribution in [0.3, 0.4) is 0 Å². The summed E-state index contributed by atoms with van der Waals surface area (Å²) in [7, 11) is 0. The summed E-state index contributed by atoms with van der Waals surface area (Å²) in [6, 6.07) is 10.9. The average molecular weight is 396 g/mol. The van der Waals surface area contributed by atoms with Crippen LogP contribution < -0.4 is 10.2 Å². The molecule has 2 aromatic rings. The Bertz CT molecular complexity index is 1010. The molecular weight excluding hydrogens is 378 g/mol. The molecule has 7 nitrogen and oxygen atoms in total. The fourth-order valence-electron chi connectivity index (χ4n) is 3.68. The first-order valence-electron chi connectivity index (χ1n) is 9.09.